The molecule has 0 atom stereocenters. The molecule has 0 bridgehead atoms. The molecule has 108 valence electrons. The van der Waals surface area contributed by atoms with Gasteiger partial charge in [-0.25, -0.2) is 4.98 Å². The van der Waals surface area contributed by atoms with Crippen LogP contribution in [0.1, 0.15) is 11.3 Å². The van der Waals surface area contributed by atoms with E-state index < -0.39 is 0 Å². The molecule has 0 aliphatic carbocycles. The van der Waals surface area contributed by atoms with Gasteiger partial charge in [0, 0.05) is 18.6 Å². The normalized spacial score (nSPS) is 11.0. The van der Waals surface area contributed by atoms with Gasteiger partial charge in [-0.1, -0.05) is 12.1 Å². The Morgan fingerprint density at radius 1 is 1.33 bits per heavy atom. The first-order valence-electron chi connectivity index (χ1n) is 6.50. The second-order valence-corrected chi connectivity index (χ2v) is 4.56. The van der Waals surface area contributed by atoms with Crippen LogP contribution in [0.4, 0.5) is 12.0 Å². The number of hydrogen-bond acceptors (Lipinski definition) is 6. The highest BCUT2D eigenvalue weighted by Gasteiger charge is 2.10. The minimum Gasteiger partial charge on any atom is -0.423 e. The smallest absolute Gasteiger partial charge is 0.302 e. The third kappa shape index (κ3) is 2.63. The highest BCUT2D eigenvalue weighted by Crippen LogP contribution is 2.20. The molecule has 7 heteroatoms. The number of fused-ring (bicyclic) bond motifs is 1. The topological polar surface area (TPSA) is 104 Å². The summed E-state index contributed by atoms with van der Waals surface area (Å²) in [6.07, 6.45) is 0.275. The largest absolute Gasteiger partial charge is 0.423 e. The Morgan fingerprint density at radius 3 is 2.86 bits per heavy atom. The Kier molecular flexibility index (Phi) is 3.41. The second kappa shape index (κ2) is 5.37. The Labute approximate surface area is 119 Å². The number of hydrogen-bond donors (Lipinski definition) is 3. The predicted octanol–water partition coefficient (Wildman–Crippen LogP) is 1.50. The number of aliphatic hydroxyl groups is 1. The summed E-state index contributed by atoms with van der Waals surface area (Å²) in [4.78, 5) is 23.0. The lowest BCUT2D eigenvalue weighted by Gasteiger charge is -2.05. The molecule has 0 aliphatic rings. The molecule has 0 fully saturated rings. The van der Waals surface area contributed by atoms with Crippen molar-refractivity contribution < 1.29 is 9.52 Å². The van der Waals surface area contributed by atoms with E-state index in [1.807, 2.05) is 18.2 Å². The lowest BCUT2D eigenvalue weighted by Crippen LogP contribution is -2.19. The maximum absolute atomic E-state index is 11.9. The number of H-pyrrole nitrogens is 1. The molecule has 1 aromatic carbocycles. The molecule has 0 spiro atoms. The maximum Gasteiger partial charge on any atom is 0.302 e. The number of aromatic amines is 1. The Balaban J connectivity index is 1.92. The average Bonchev–Trinajstić information content (AvgIpc) is 2.85. The summed E-state index contributed by atoms with van der Waals surface area (Å²) in [6.45, 7) is 1.63. The zero-order valence-corrected chi connectivity index (χ0v) is 11.4. The first kappa shape index (κ1) is 13.3. The number of anilines is 2. The van der Waals surface area contributed by atoms with E-state index in [0.29, 0.717) is 16.8 Å². The van der Waals surface area contributed by atoms with Gasteiger partial charge in [0.2, 0.25) is 5.95 Å². The Bertz CT molecular complexity index is 805. The molecule has 7 nitrogen and oxygen atoms in total. The number of rotatable bonds is 4. The van der Waals surface area contributed by atoms with E-state index in [-0.39, 0.29) is 30.5 Å². The molecule has 21 heavy (non-hydrogen) atoms. The van der Waals surface area contributed by atoms with Gasteiger partial charge in [-0.15, -0.1) is 0 Å². The number of nitrogens with zero attached hydrogens (tertiary/aromatic N) is 2. The molecule has 2 heterocycles. The summed E-state index contributed by atoms with van der Waals surface area (Å²) in [5, 5.41) is 11.8. The Hall–Kier alpha value is -2.67. The molecule has 3 rings (SSSR count). The van der Waals surface area contributed by atoms with E-state index >= 15 is 0 Å². The zero-order chi connectivity index (χ0) is 14.8. The highest BCUT2D eigenvalue weighted by molar-refractivity contribution is 5.74. The van der Waals surface area contributed by atoms with Gasteiger partial charge >= 0.3 is 6.01 Å². The fourth-order valence-corrected chi connectivity index (χ4v) is 2.10. The minimum absolute atomic E-state index is 0.0937. The average molecular weight is 286 g/mol. The van der Waals surface area contributed by atoms with Crippen LogP contribution in [0.2, 0.25) is 0 Å². The first-order chi connectivity index (χ1) is 10.2. The standard InChI is InChI=1S/C14H14N4O3/c1-8-9(6-7-19)12(20)17-13(15-8)18-14-16-10-4-2-3-5-11(10)21-14/h2-5,19H,6-7H2,1H3,(H2,15,16,17,18,20). The van der Waals surface area contributed by atoms with Gasteiger partial charge < -0.3 is 9.52 Å². The second-order valence-electron chi connectivity index (χ2n) is 4.56. The van der Waals surface area contributed by atoms with Crippen LogP contribution in [0.15, 0.2) is 33.5 Å². The van der Waals surface area contributed by atoms with Gasteiger partial charge in [-0.05, 0) is 19.1 Å². The number of aromatic nitrogens is 3. The van der Waals surface area contributed by atoms with Crippen LogP contribution >= 0.6 is 0 Å². The molecule has 0 saturated carbocycles. The van der Waals surface area contributed by atoms with Crippen molar-refractivity contribution in [2.75, 3.05) is 11.9 Å². The van der Waals surface area contributed by atoms with E-state index in [4.69, 9.17) is 9.52 Å². The number of aliphatic hydroxyl groups excluding tert-OH is 1. The summed E-state index contributed by atoms with van der Waals surface area (Å²) >= 11 is 0. The van der Waals surface area contributed by atoms with Gasteiger partial charge in [-0.3, -0.25) is 15.1 Å². The van der Waals surface area contributed by atoms with Crippen molar-refractivity contribution in [3.8, 4) is 0 Å². The van der Waals surface area contributed by atoms with E-state index in [1.54, 1.807) is 13.0 Å². The van der Waals surface area contributed by atoms with E-state index in [2.05, 4.69) is 20.3 Å². The van der Waals surface area contributed by atoms with Gasteiger partial charge in [0.15, 0.2) is 5.58 Å². The van der Waals surface area contributed by atoms with Crippen LogP contribution < -0.4 is 10.9 Å². The molecule has 0 unspecified atom stereocenters. The Morgan fingerprint density at radius 2 is 2.14 bits per heavy atom. The van der Waals surface area contributed by atoms with Crippen molar-refractivity contribution in [3.05, 3.63) is 45.9 Å². The predicted molar refractivity (Wildman–Crippen MR) is 77.7 cm³/mol. The SMILES string of the molecule is Cc1nc(Nc2nc3ccccc3o2)[nH]c(=O)c1CCO. The number of benzene rings is 1. The lowest BCUT2D eigenvalue weighted by molar-refractivity contribution is 0.298. The van der Waals surface area contributed by atoms with Crippen molar-refractivity contribution in [1.29, 1.82) is 0 Å². The van der Waals surface area contributed by atoms with Crippen LogP contribution in [0.5, 0.6) is 0 Å². The lowest BCUT2D eigenvalue weighted by atomic mass is 10.2. The van der Waals surface area contributed by atoms with Crippen molar-refractivity contribution >= 4 is 23.1 Å². The summed E-state index contributed by atoms with van der Waals surface area (Å²) < 4.78 is 5.51. The fourth-order valence-electron chi connectivity index (χ4n) is 2.10. The molecular formula is C14H14N4O3. The molecule has 3 N–H and O–H groups in total. The van der Waals surface area contributed by atoms with E-state index in [1.165, 1.54) is 0 Å². The molecule has 0 aliphatic heterocycles. The quantitative estimate of drug-likeness (QED) is 0.671. The third-order valence-electron chi connectivity index (χ3n) is 3.10. The van der Waals surface area contributed by atoms with Gasteiger partial charge in [0.25, 0.3) is 5.56 Å². The number of para-hydroxylation sites is 2. The summed E-state index contributed by atoms with van der Waals surface area (Å²) in [5.74, 6) is 0.255. The molecule has 0 radical (unpaired) electrons. The van der Waals surface area contributed by atoms with Crippen LogP contribution in [0.3, 0.4) is 0 Å². The number of oxazole rings is 1. The van der Waals surface area contributed by atoms with Crippen LogP contribution in [-0.2, 0) is 6.42 Å². The van der Waals surface area contributed by atoms with Gasteiger partial charge in [0.1, 0.15) is 5.52 Å². The highest BCUT2D eigenvalue weighted by atomic mass is 16.4. The van der Waals surface area contributed by atoms with Crippen LogP contribution in [0, 0.1) is 6.92 Å². The summed E-state index contributed by atoms with van der Waals surface area (Å²) in [5.41, 5.74) is 2.12. The van der Waals surface area contributed by atoms with Crippen LogP contribution in [-0.4, -0.2) is 26.7 Å². The fraction of sp³-hybridized carbons (Fsp3) is 0.214. The van der Waals surface area contributed by atoms with Crippen LogP contribution in [0.25, 0.3) is 11.1 Å². The van der Waals surface area contributed by atoms with Crippen molar-refractivity contribution in [1.82, 2.24) is 15.0 Å². The third-order valence-corrected chi connectivity index (χ3v) is 3.10. The monoisotopic (exact) mass is 286 g/mol. The first-order valence-corrected chi connectivity index (χ1v) is 6.50. The van der Waals surface area contributed by atoms with Crippen molar-refractivity contribution in [2.24, 2.45) is 0 Å². The van der Waals surface area contributed by atoms with Crippen molar-refractivity contribution in [2.45, 2.75) is 13.3 Å². The van der Waals surface area contributed by atoms with Gasteiger partial charge in [0.05, 0.1) is 5.69 Å². The minimum atomic E-state index is -0.282. The number of aryl methyl sites for hydroxylation is 1. The molecule has 3 aromatic rings. The van der Waals surface area contributed by atoms with Gasteiger partial charge in [-0.2, -0.15) is 4.98 Å². The van der Waals surface area contributed by atoms with Crippen molar-refractivity contribution in [3.63, 3.8) is 0 Å². The summed E-state index contributed by atoms with van der Waals surface area (Å²) in [7, 11) is 0. The number of nitrogens with one attached hydrogen (secondary N) is 2. The van der Waals surface area contributed by atoms with E-state index in [0.717, 1.165) is 5.52 Å². The zero-order valence-electron chi connectivity index (χ0n) is 11.4. The van der Waals surface area contributed by atoms with E-state index in [9.17, 15) is 4.79 Å². The maximum atomic E-state index is 11.9. The molecule has 0 amide bonds. The summed E-state index contributed by atoms with van der Waals surface area (Å²) in [6, 6.07) is 7.61. The molecule has 0 saturated heterocycles. The molecule has 2 aromatic heterocycles. The molecular weight excluding hydrogens is 272 g/mol.